The van der Waals surface area contributed by atoms with Gasteiger partial charge in [-0.15, -0.1) is 0 Å². The fourth-order valence-electron chi connectivity index (χ4n) is 6.23. The first kappa shape index (κ1) is 22.2. The number of hydrogen-bond acceptors (Lipinski definition) is 4. The zero-order valence-corrected chi connectivity index (χ0v) is 19.8. The van der Waals surface area contributed by atoms with Crippen LogP contribution in [0.5, 0.6) is 0 Å². The Bertz CT molecular complexity index is 1210. The smallest absolute Gasteiger partial charge is 0.267 e. The van der Waals surface area contributed by atoms with E-state index in [9.17, 15) is 13.2 Å². The van der Waals surface area contributed by atoms with E-state index in [0.29, 0.717) is 18.4 Å². The van der Waals surface area contributed by atoms with Gasteiger partial charge in [-0.1, -0.05) is 42.5 Å². The summed E-state index contributed by atoms with van der Waals surface area (Å²) in [6.45, 7) is -0.416. The SMILES string of the molecule is Cn1nc(-c2ccc3c(c2)CC2CCC(C3)C23CN(CC(F)(F)F)SN3)cc1-c1ccccc1. The van der Waals surface area contributed by atoms with Crippen LogP contribution in [0.4, 0.5) is 13.2 Å². The van der Waals surface area contributed by atoms with E-state index in [1.807, 2.05) is 29.9 Å². The number of aryl methyl sites for hydroxylation is 1. The molecule has 1 aliphatic heterocycles. The van der Waals surface area contributed by atoms with Crippen molar-refractivity contribution in [1.29, 1.82) is 0 Å². The molecule has 178 valence electrons. The van der Waals surface area contributed by atoms with E-state index in [-0.39, 0.29) is 5.54 Å². The summed E-state index contributed by atoms with van der Waals surface area (Å²) in [6, 6.07) is 19.0. The van der Waals surface area contributed by atoms with E-state index < -0.39 is 12.7 Å². The maximum Gasteiger partial charge on any atom is 0.402 e. The maximum absolute atomic E-state index is 13.0. The maximum atomic E-state index is 13.0. The summed E-state index contributed by atoms with van der Waals surface area (Å²) in [5, 5.41) is 4.78. The van der Waals surface area contributed by atoms with Gasteiger partial charge in [0.2, 0.25) is 0 Å². The molecular weight excluding hydrogens is 457 g/mol. The molecule has 1 spiro atoms. The Morgan fingerprint density at radius 1 is 1.00 bits per heavy atom. The number of aromatic nitrogens is 2. The molecule has 3 unspecified atom stereocenters. The monoisotopic (exact) mass is 484 g/mol. The van der Waals surface area contributed by atoms with Crippen LogP contribution in [0.1, 0.15) is 24.0 Å². The van der Waals surface area contributed by atoms with Crippen molar-refractivity contribution >= 4 is 12.1 Å². The molecule has 2 fully saturated rings. The Morgan fingerprint density at radius 3 is 2.47 bits per heavy atom. The number of rotatable bonds is 3. The van der Waals surface area contributed by atoms with Gasteiger partial charge in [-0.25, -0.2) is 9.03 Å². The molecule has 1 saturated heterocycles. The molecule has 34 heavy (non-hydrogen) atoms. The lowest BCUT2D eigenvalue weighted by atomic mass is 9.79. The van der Waals surface area contributed by atoms with Gasteiger partial charge in [-0.05, 0) is 66.3 Å². The first-order valence-electron chi connectivity index (χ1n) is 11.8. The van der Waals surface area contributed by atoms with Crippen LogP contribution in [0.2, 0.25) is 0 Å². The first-order chi connectivity index (χ1) is 16.3. The molecule has 1 aromatic heterocycles. The highest BCUT2D eigenvalue weighted by molar-refractivity contribution is 7.95. The molecule has 1 N–H and O–H groups in total. The summed E-state index contributed by atoms with van der Waals surface area (Å²) >= 11 is 1.16. The number of fused-ring (bicyclic) bond motifs is 1. The van der Waals surface area contributed by atoms with Crippen molar-refractivity contribution in [2.45, 2.75) is 37.4 Å². The molecule has 3 atom stereocenters. The minimum atomic E-state index is -4.18. The van der Waals surface area contributed by atoms with Crippen molar-refractivity contribution in [2.75, 3.05) is 13.1 Å². The average Bonchev–Trinajstić information content (AvgIpc) is 3.44. The molecule has 2 aromatic carbocycles. The summed E-state index contributed by atoms with van der Waals surface area (Å²) in [5.41, 5.74) is 6.63. The largest absolute Gasteiger partial charge is 0.402 e. The van der Waals surface area contributed by atoms with Gasteiger partial charge in [0.05, 0.1) is 11.4 Å². The fourth-order valence-corrected chi connectivity index (χ4v) is 7.42. The van der Waals surface area contributed by atoms with Gasteiger partial charge in [-0.3, -0.25) is 4.68 Å². The van der Waals surface area contributed by atoms with Gasteiger partial charge in [0, 0.05) is 36.8 Å². The van der Waals surface area contributed by atoms with Crippen LogP contribution in [0.15, 0.2) is 54.6 Å². The molecule has 1 saturated carbocycles. The molecule has 2 heterocycles. The van der Waals surface area contributed by atoms with E-state index in [4.69, 9.17) is 5.10 Å². The van der Waals surface area contributed by atoms with Gasteiger partial charge in [-0.2, -0.15) is 18.3 Å². The standard InChI is InChI=1S/C26H27F3N4S/c1-32-24(17-5-3-2-4-6-17)14-23(30-32)19-8-7-18-12-21-9-10-22(13-20(18)11-19)25(21)15-33(34-31-25)16-26(27,28)29/h2-8,11,14,21-22,31H,9-10,12-13,15-16H2,1H3. The summed E-state index contributed by atoms with van der Waals surface area (Å²) in [5.74, 6) is 0.693. The topological polar surface area (TPSA) is 33.1 Å². The van der Waals surface area contributed by atoms with Crippen molar-refractivity contribution in [1.82, 2.24) is 18.8 Å². The molecule has 2 aliphatic carbocycles. The van der Waals surface area contributed by atoms with Crippen LogP contribution >= 0.6 is 12.1 Å². The Hall–Kier alpha value is -2.29. The lowest BCUT2D eigenvalue weighted by molar-refractivity contribution is -0.135. The Morgan fingerprint density at radius 2 is 1.74 bits per heavy atom. The summed E-state index contributed by atoms with van der Waals surface area (Å²) in [4.78, 5) is 0. The van der Waals surface area contributed by atoms with Gasteiger partial charge in [0.25, 0.3) is 0 Å². The van der Waals surface area contributed by atoms with E-state index in [2.05, 4.69) is 41.1 Å². The normalized spacial score (nSPS) is 26.7. The molecule has 3 aromatic rings. The zero-order valence-electron chi connectivity index (χ0n) is 19.0. The average molecular weight is 485 g/mol. The second kappa shape index (κ2) is 8.14. The summed E-state index contributed by atoms with van der Waals surface area (Å²) in [7, 11) is 1.97. The van der Waals surface area contributed by atoms with Crippen LogP contribution in [0, 0.1) is 11.8 Å². The predicted molar refractivity (Wildman–Crippen MR) is 129 cm³/mol. The van der Waals surface area contributed by atoms with E-state index in [0.717, 1.165) is 60.3 Å². The summed E-state index contributed by atoms with van der Waals surface area (Å²) < 4.78 is 45.9. The van der Waals surface area contributed by atoms with E-state index >= 15 is 0 Å². The second-order valence-corrected chi connectivity index (χ2v) is 10.8. The van der Waals surface area contributed by atoms with Crippen molar-refractivity contribution in [3.63, 3.8) is 0 Å². The molecular formula is C26H27F3N4S. The van der Waals surface area contributed by atoms with Gasteiger partial charge >= 0.3 is 6.18 Å². The van der Waals surface area contributed by atoms with Crippen LogP contribution in [0.25, 0.3) is 22.5 Å². The number of hydrogen-bond donors (Lipinski definition) is 1. The van der Waals surface area contributed by atoms with Crippen LogP contribution in [-0.4, -0.2) is 38.9 Å². The highest BCUT2D eigenvalue weighted by Gasteiger charge is 2.56. The quantitative estimate of drug-likeness (QED) is 0.487. The highest BCUT2D eigenvalue weighted by atomic mass is 32.2. The van der Waals surface area contributed by atoms with Crippen molar-refractivity contribution < 1.29 is 13.2 Å². The number of nitrogens with one attached hydrogen (secondary N) is 1. The fraction of sp³-hybridized carbons (Fsp3) is 0.423. The van der Waals surface area contributed by atoms with Crippen LogP contribution < -0.4 is 4.72 Å². The van der Waals surface area contributed by atoms with Crippen LogP contribution in [-0.2, 0) is 19.9 Å². The number of halogens is 3. The summed E-state index contributed by atoms with van der Waals surface area (Å²) in [6.07, 6.45) is -0.241. The minimum absolute atomic E-state index is 0.249. The third kappa shape index (κ3) is 3.85. The van der Waals surface area contributed by atoms with Crippen LogP contribution in [0.3, 0.4) is 0 Å². The number of benzene rings is 2. The lowest BCUT2D eigenvalue weighted by Crippen LogP contribution is -2.51. The predicted octanol–water partition coefficient (Wildman–Crippen LogP) is 5.65. The minimum Gasteiger partial charge on any atom is -0.267 e. The Balaban J connectivity index is 1.28. The molecule has 2 bridgehead atoms. The van der Waals surface area contributed by atoms with Gasteiger partial charge in [0.15, 0.2) is 0 Å². The molecule has 8 heteroatoms. The van der Waals surface area contributed by atoms with E-state index in [1.54, 1.807) is 0 Å². The van der Waals surface area contributed by atoms with Gasteiger partial charge < -0.3 is 0 Å². The second-order valence-electron chi connectivity index (χ2n) is 9.91. The Labute approximate surface area is 201 Å². The molecule has 3 aliphatic rings. The molecule has 4 nitrogen and oxygen atoms in total. The highest BCUT2D eigenvalue weighted by Crippen LogP contribution is 2.51. The lowest BCUT2D eigenvalue weighted by Gasteiger charge is -2.34. The third-order valence-electron chi connectivity index (χ3n) is 7.86. The molecule has 6 rings (SSSR count). The number of alkyl halides is 3. The zero-order chi connectivity index (χ0) is 23.5. The van der Waals surface area contributed by atoms with Crippen molar-refractivity contribution in [3.05, 3.63) is 65.7 Å². The van der Waals surface area contributed by atoms with Crippen molar-refractivity contribution in [2.24, 2.45) is 18.9 Å². The first-order valence-corrected chi connectivity index (χ1v) is 12.6. The molecule has 0 radical (unpaired) electrons. The van der Waals surface area contributed by atoms with Crippen molar-refractivity contribution in [3.8, 4) is 22.5 Å². The van der Waals surface area contributed by atoms with Gasteiger partial charge in [0.1, 0.15) is 6.54 Å². The molecule has 0 amide bonds. The third-order valence-corrected chi connectivity index (χ3v) is 8.85. The van der Waals surface area contributed by atoms with E-state index in [1.165, 1.54) is 15.4 Å². The number of nitrogens with zero attached hydrogens (tertiary/aromatic N) is 3. The Kier molecular flexibility index (Phi) is 5.31.